The number of aryl methyl sites for hydroxylation is 1. The van der Waals surface area contributed by atoms with Gasteiger partial charge in [-0.1, -0.05) is 6.42 Å². The number of benzene rings is 1. The third kappa shape index (κ3) is 2.80. The van der Waals surface area contributed by atoms with E-state index in [-0.39, 0.29) is 5.91 Å². The quantitative estimate of drug-likeness (QED) is 0.825. The molecule has 0 aliphatic heterocycles. The summed E-state index contributed by atoms with van der Waals surface area (Å²) >= 11 is 1.85. The van der Waals surface area contributed by atoms with Crippen LogP contribution >= 0.6 is 11.8 Å². The van der Waals surface area contributed by atoms with Crippen LogP contribution in [-0.2, 0) is 0 Å². The molecule has 2 rings (SSSR count). The van der Waals surface area contributed by atoms with Crippen molar-refractivity contribution in [2.75, 3.05) is 12.0 Å². The van der Waals surface area contributed by atoms with E-state index in [0.29, 0.717) is 17.0 Å². The van der Waals surface area contributed by atoms with Gasteiger partial charge in [-0.05, 0) is 49.8 Å². The topological polar surface area (TPSA) is 55.1 Å². The van der Waals surface area contributed by atoms with Crippen molar-refractivity contribution in [3.8, 4) is 0 Å². The van der Waals surface area contributed by atoms with Crippen molar-refractivity contribution >= 4 is 23.4 Å². The van der Waals surface area contributed by atoms with E-state index in [4.69, 9.17) is 5.73 Å². The number of rotatable bonds is 3. The summed E-state index contributed by atoms with van der Waals surface area (Å²) in [6.45, 7) is 1.92. The number of nitrogen functional groups attached to an aromatic ring is 1. The highest BCUT2D eigenvalue weighted by atomic mass is 32.2. The lowest BCUT2D eigenvalue weighted by molar-refractivity contribution is 0.0938. The van der Waals surface area contributed by atoms with Gasteiger partial charge in [-0.2, -0.15) is 11.8 Å². The Hall–Kier alpha value is -1.16. The Bertz CT molecular complexity index is 447. The van der Waals surface area contributed by atoms with Crippen molar-refractivity contribution in [2.24, 2.45) is 0 Å². The molecule has 1 aromatic rings. The summed E-state index contributed by atoms with van der Waals surface area (Å²) in [4.78, 5) is 12.2. The van der Waals surface area contributed by atoms with Gasteiger partial charge in [-0.3, -0.25) is 4.79 Å². The molecule has 18 heavy (non-hydrogen) atoms. The highest BCUT2D eigenvalue weighted by Crippen LogP contribution is 2.28. The van der Waals surface area contributed by atoms with E-state index in [1.54, 1.807) is 6.07 Å². The van der Waals surface area contributed by atoms with Crippen LogP contribution in [0.15, 0.2) is 18.2 Å². The summed E-state index contributed by atoms with van der Waals surface area (Å²) in [5.41, 5.74) is 8.07. The molecule has 3 nitrogen and oxygen atoms in total. The molecular weight excluding hydrogens is 244 g/mol. The Labute approximate surface area is 113 Å². The smallest absolute Gasteiger partial charge is 0.251 e. The summed E-state index contributed by atoms with van der Waals surface area (Å²) in [6.07, 6.45) is 5.61. The average molecular weight is 264 g/mol. The van der Waals surface area contributed by atoms with Crippen molar-refractivity contribution in [3.05, 3.63) is 29.3 Å². The third-order valence-corrected chi connectivity index (χ3v) is 4.74. The van der Waals surface area contributed by atoms with E-state index in [1.807, 2.05) is 30.8 Å². The molecule has 3 N–H and O–H groups in total. The van der Waals surface area contributed by atoms with Crippen LogP contribution in [0.4, 0.5) is 5.69 Å². The number of carbonyl (C=O) groups is 1. The van der Waals surface area contributed by atoms with Crippen LogP contribution in [-0.4, -0.2) is 23.5 Å². The molecule has 98 valence electrons. The zero-order valence-electron chi connectivity index (χ0n) is 10.9. The Balaban J connectivity index is 2.07. The second-order valence-electron chi connectivity index (χ2n) is 4.86. The maximum atomic E-state index is 12.2. The fourth-order valence-electron chi connectivity index (χ4n) is 2.56. The molecule has 4 heteroatoms. The molecule has 1 fully saturated rings. The number of hydrogen-bond donors (Lipinski definition) is 2. The van der Waals surface area contributed by atoms with Gasteiger partial charge in [0.2, 0.25) is 0 Å². The van der Waals surface area contributed by atoms with Crippen molar-refractivity contribution in [1.29, 1.82) is 0 Å². The van der Waals surface area contributed by atoms with Crippen molar-refractivity contribution in [3.63, 3.8) is 0 Å². The van der Waals surface area contributed by atoms with Crippen LogP contribution in [0.3, 0.4) is 0 Å². The van der Waals surface area contributed by atoms with Gasteiger partial charge in [0.15, 0.2) is 0 Å². The summed E-state index contributed by atoms with van der Waals surface area (Å²) in [5.74, 6) is 0.0263. The number of carbonyl (C=O) groups excluding carboxylic acids is 1. The predicted molar refractivity (Wildman–Crippen MR) is 78.0 cm³/mol. The molecule has 2 atom stereocenters. The van der Waals surface area contributed by atoms with Gasteiger partial charge in [0.1, 0.15) is 0 Å². The first-order valence-electron chi connectivity index (χ1n) is 6.31. The first kappa shape index (κ1) is 13.3. The molecule has 0 heterocycles. The van der Waals surface area contributed by atoms with Crippen LogP contribution in [0.1, 0.15) is 35.2 Å². The molecule has 1 saturated carbocycles. The Morgan fingerprint density at radius 2 is 2.22 bits per heavy atom. The summed E-state index contributed by atoms with van der Waals surface area (Å²) in [7, 11) is 0. The largest absolute Gasteiger partial charge is 0.399 e. The lowest BCUT2D eigenvalue weighted by Crippen LogP contribution is -2.38. The highest BCUT2D eigenvalue weighted by Gasteiger charge is 2.28. The lowest BCUT2D eigenvalue weighted by Gasteiger charge is -2.19. The van der Waals surface area contributed by atoms with Gasteiger partial charge in [0, 0.05) is 22.5 Å². The SMILES string of the molecule is CSC1CCCC1NC(=O)c1ccc(N)cc1C. The second-order valence-corrected chi connectivity index (χ2v) is 5.94. The standard InChI is InChI=1S/C14H20N2OS/c1-9-8-10(15)6-7-11(9)14(17)16-12-4-3-5-13(12)18-2/h6-8,12-13H,3-5,15H2,1-2H3,(H,16,17). The summed E-state index contributed by atoms with van der Waals surface area (Å²) < 4.78 is 0. The van der Waals surface area contributed by atoms with Gasteiger partial charge in [0.05, 0.1) is 0 Å². The van der Waals surface area contributed by atoms with Crippen molar-refractivity contribution < 1.29 is 4.79 Å². The predicted octanol–water partition coefficient (Wildman–Crippen LogP) is 2.59. The number of amides is 1. The number of anilines is 1. The molecule has 2 unspecified atom stereocenters. The second kappa shape index (κ2) is 5.65. The molecule has 1 aromatic carbocycles. The van der Waals surface area contributed by atoms with Crippen molar-refractivity contribution in [1.82, 2.24) is 5.32 Å². The maximum Gasteiger partial charge on any atom is 0.251 e. The molecule has 1 aliphatic rings. The number of nitrogens with one attached hydrogen (secondary N) is 1. The monoisotopic (exact) mass is 264 g/mol. The summed E-state index contributed by atoms with van der Waals surface area (Å²) in [5, 5.41) is 3.71. The van der Waals surface area contributed by atoms with E-state index in [0.717, 1.165) is 17.5 Å². The molecule has 0 saturated heterocycles. The first-order valence-corrected chi connectivity index (χ1v) is 7.60. The number of nitrogens with two attached hydrogens (primary N) is 1. The number of thioether (sulfide) groups is 1. The normalized spacial score (nSPS) is 23.0. The van der Waals surface area contributed by atoms with Gasteiger partial charge in [-0.15, -0.1) is 0 Å². The first-order chi connectivity index (χ1) is 8.61. The highest BCUT2D eigenvalue weighted by molar-refractivity contribution is 7.99. The zero-order chi connectivity index (χ0) is 13.1. The third-order valence-electron chi connectivity index (χ3n) is 3.57. The molecule has 0 aromatic heterocycles. The molecule has 0 spiro atoms. The van der Waals surface area contributed by atoms with Crippen molar-refractivity contribution in [2.45, 2.75) is 37.5 Å². The van der Waals surface area contributed by atoms with Crippen LogP contribution in [0.25, 0.3) is 0 Å². The molecule has 1 amide bonds. The maximum absolute atomic E-state index is 12.2. The zero-order valence-corrected chi connectivity index (χ0v) is 11.7. The van der Waals surface area contributed by atoms with Crippen LogP contribution in [0, 0.1) is 6.92 Å². The Morgan fingerprint density at radius 3 is 2.89 bits per heavy atom. The minimum absolute atomic E-state index is 0.0263. The fourth-order valence-corrected chi connectivity index (χ4v) is 3.50. The molecule has 1 aliphatic carbocycles. The molecular formula is C14H20N2OS. The average Bonchev–Trinajstić information content (AvgIpc) is 2.76. The van der Waals surface area contributed by atoms with E-state index >= 15 is 0 Å². The van der Waals surface area contributed by atoms with E-state index in [1.165, 1.54) is 12.8 Å². The van der Waals surface area contributed by atoms with Gasteiger partial charge >= 0.3 is 0 Å². The van der Waals surface area contributed by atoms with E-state index in [2.05, 4.69) is 11.6 Å². The minimum atomic E-state index is 0.0263. The van der Waals surface area contributed by atoms with Gasteiger partial charge in [0.25, 0.3) is 5.91 Å². The van der Waals surface area contributed by atoms with Gasteiger partial charge in [-0.25, -0.2) is 0 Å². The molecule has 0 radical (unpaired) electrons. The van der Waals surface area contributed by atoms with Gasteiger partial charge < -0.3 is 11.1 Å². The van der Waals surface area contributed by atoms with Crippen LogP contribution < -0.4 is 11.1 Å². The van der Waals surface area contributed by atoms with Crippen LogP contribution in [0.5, 0.6) is 0 Å². The number of hydrogen-bond acceptors (Lipinski definition) is 3. The lowest BCUT2D eigenvalue weighted by atomic mass is 10.1. The molecule has 0 bridgehead atoms. The van der Waals surface area contributed by atoms with E-state index < -0.39 is 0 Å². The summed E-state index contributed by atoms with van der Waals surface area (Å²) in [6, 6.07) is 5.74. The fraction of sp³-hybridized carbons (Fsp3) is 0.500. The Morgan fingerprint density at radius 1 is 1.44 bits per heavy atom. The van der Waals surface area contributed by atoms with Crippen LogP contribution in [0.2, 0.25) is 0 Å². The minimum Gasteiger partial charge on any atom is -0.399 e. The van der Waals surface area contributed by atoms with E-state index in [9.17, 15) is 4.79 Å². The Kier molecular flexibility index (Phi) is 4.17.